The summed E-state index contributed by atoms with van der Waals surface area (Å²) in [7, 11) is 0. The van der Waals surface area contributed by atoms with Crippen molar-refractivity contribution >= 4 is 6.71 Å². The Labute approximate surface area is 97.6 Å². The Hall–Kier alpha value is -0.195. The average Bonchev–Trinajstić information content (AvgIpc) is 2.27. The molecule has 0 saturated carbocycles. The van der Waals surface area contributed by atoms with Crippen molar-refractivity contribution in [2.24, 2.45) is 5.92 Å². The second kappa shape index (κ2) is 7.14. The Morgan fingerprint density at radius 2 is 1.33 bits per heavy atom. The summed E-state index contributed by atoms with van der Waals surface area (Å²) >= 11 is 0. The lowest BCUT2D eigenvalue weighted by atomic mass is 9.29. The highest BCUT2D eigenvalue weighted by molar-refractivity contribution is 6.69. The molecule has 15 heavy (non-hydrogen) atoms. The summed E-state index contributed by atoms with van der Waals surface area (Å²) in [4.78, 5) is 0. The van der Waals surface area contributed by atoms with E-state index in [9.17, 15) is 0 Å². The van der Waals surface area contributed by atoms with Gasteiger partial charge in [0.1, 0.15) is 0 Å². The second-order valence-corrected chi connectivity index (χ2v) is 5.18. The maximum absolute atomic E-state index is 4.36. The van der Waals surface area contributed by atoms with Crippen molar-refractivity contribution in [3.63, 3.8) is 0 Å². The molecule has 1 heteroatoms. The van der Waals surface area contributed by atoms with Crippen LogP contribution in [-0.2, 0) is 0 Å². The van der Waals surface area contributed by atoms with Gasteiger partial charge >= 0.3 is 0 Å². The lowest BCUT2D eigenvalue weighted by molar-refractivity contribution is 0.667. The second-order valence-electron chi connectivity index (χ2n) is 5.18. The van der Waals surface area contributed by atoms with Gasteiger partial charge in [0.15, 0.2) is 6.71 Å². The van der Waals surface area contributed by atoms with Crippen molar-refractivity contribution < 1.29 is 0 Å². The third-order valence-electron chi connectivity index (χ3n) is 4.19. The maximum atomic E-state index is 4.36. The lowest BCUT2D eigenvalue weighted by Crippen LogP contribution is -2.29. The fourth-order valence-corrected chi connectivity index (χ4v) is 2.39. The normalized spacial score (nSPS) is 16.9. The van der Waals surface area contributed by atoms with Crippen molar-refractivity contribution in [1.29, 1.82) is 0 Å². The topological polar surface area (TPSA) is 0 Å². The highest BCUT2D eigenvalue weighted by atomic mass is 14.1. The van der Waals surface area contributed by atoms with Crippen LogP contribution in [-0.4, -0.2) is 6.71 Å². The van der Waals surface area contributed by atoms with E-state index in [2.05, 4.69) is 48.1 Å². The quantitative estimate of drug-likeness (QED) is 0.503. The smallest absolute Gasteiger partial charge is 0.108 e. The zero-order chi connectivity index (χ0) is 12.0. The molecule has 0 spiro atoms. The predicted molar refractivity (Wildman–Crippen MR) is 73.8 cm³/mol. The van der Waals surface area contributed by atoms with Gasteiger partial charge in [-0.3, -0.25) is 0 Å². The molecule has 0 aliphatic rings. The van der Waals surface area contributed by atoms with Crippen LogP contribution in [0.4, 0.5) is 0 Å². The fourth-order valence-electron chi connectivity index (χ4n) is 2.39. The van der Waals surface area contributed by atoms with Gasteiger partial charge in [0.05, 0.1) is 0 Å². The minimum Gasteiger partial charge on any atom is -0.108 e. The molecular formula is C14H29B. The van der Waals surface area contributed by atoms with Crippen LogP contribution in [0.1, 0.15) is 60.8 Å². The van der Waals surface area contributed by atoms with E-state index in [4.69, 9.17) is 0 Å². The monoisotopic (exact) mass is 208 g/mol. The first-order valence-corrected chi connectivity index (χ1v) is 6.68. The van der Waals surface area contributed by atoms with Crippen LogP contribution in [0, 0.1) is 5.92 Å². The zero-order valence-electron chi connectivity index (χ0n) is 11.6. The first-order valence-electron chi connectivity index (χ1n) is 6.68. The molecule has 0 bridgehead atoms. The molecule has 88 valence electrons. The van der Waals surface area contributed by atoms with E-state index in [1.807, 2.05) is 0 Å². The maximum Gasteiger partial charge on any atom is 0.175 e. The molecular weight excluding hydrogens is 179 g/mol. The third kappa shape index (κ3) is 4.05. The molecule has 0 aromatic heterocycles. The van der Waals surface area contributed by atoms with E-state index in [0.29, 0.717) is 5.92 Å². The summed E-state index contributed by atoms with van der Waals surface area (Å²) < 4.78 is 0. The van der Waals surface area contributed by atoms with Gasteiger partial charge < -0.3 is 0 Å². The highest BCUT2D eigenvalue weighted by Crippen LogP contribution is 2.34. The number of allylic oxidation sites excluding steroid dienone is 1. The van der Waals surface area contributed by atoms with Crippen LogP contribution >= 0.6 is 0 Å². The van der Waals surface area contributed by atoms with E-state index in [1.54, 1.807) is 0 Å². The minimum atomic E-state index is 0.679. The van der Waals surface area contributed by atoms with Crippen LogP contribution in [0.2, 0.25) is 11.6 Å². The Morgan fingerprint density at radius 3 is 1.60 bits per heavy atom. The fraction of sp³-hybridized carbons (Fsp3) is 0.857. The SMILES string of the molecule is C=C(B(C(C)CC)C(C)CC)C(C)CC. The van der Waals surface area contributed by atoms with Crippen molar-refractivity contribution in [1.82, 2.24) is 0 Å². The summed E-state index contributed by atoms with van der Waals surface area (Å²) in [6.45, 7) is 19.0. The van der Waals surface area contributed by atoms with Gasteiger partial charge in [0, 0.05) is 0 Å². The van der Waals surface area contributed by atoms with Gasteiger partial charge in [0.2, 0.25) is 0 Å². The molecule has 0 nitrogen and oxygen atoms in total. The molecule has 0 amide bonds. The number of hydrogen-bond acceptors (Lipinski definition) is 0. The summed E-state index contributed by atoms with van der Waals surface area (Å²) in [5.41, 5.74) is 1.49. The van der Waals surface area contributed by atoms with Gasteiger partial charge in [0.25, 0.3) is 0 Å². The predicted octanol–water partition coefficient (Wildman–Crippen LogP) is 5.22. The van der Waals surface area contributed by atoms with Crippen LogP contribution in [0.5, 0.6) is 0 Å². The molecule has 0 N–H and O–H groups in total. The average molecular weight is 208 g/mol. The van der Waals surface area contributed by atoms with E-state index in [1.165, 1.54) is 24.7 Å². The first-order chi connectivity index (χ1) is 6.99. The molecule has 0 saturated heterocycles. The van der Waals surface area contributed by atoms with E-state index < -0.39 is 0 Å². The van der Waals surface area contributed by atoms with E-state index in [0.717, 1.165) is 18.3 Å². The van der Waals surface area contributed by atoms with Crippen molar-refractivity contribution in [3.8, 4) is 0 Å². The first kappa shape index (κ1) is 14.8. The minimum absolute atomic E-state index is 0.679. The van der Waals surface area contributed by atoms with Crippen LogP contribution < -0.4 is 0 Å². The summed E-state index contributed by atoms with van der Waals surface area (Å²) in [6.07, 6.45) is 3.76. The van der Waals surface area contributed by atoms with Crippen molar-refractivity contribution in [2.75, 3.05) is 0 Å². The molecule has 0 radical (unpaired) electrons. The molecule has 0 fully saturated rings. The van der Waals surface area contributed by atoms with Crippen LogP contribution in [0.3, 0.4) is 0 Å². The molecule has 0 aliphatic heterocycles. The number of hydrogen-bond donors (Lipinski definition) is 0. The van der Waals surface area contributed by atoms with Crippen LogP contribution in [0.15, 0.2) is 12.1 Å². The van der Waals surface area contributed by atoms with E-state index in [-0.39, 0.29) is 0 Å². The summed E-state index contributed by atoms with van der Waals surface area (Å²) in [5, 5.41) is 0. The van der Waals surface area contributed by atoms with Gasteiger partial charge in [-0.2, -0.15) is 0 Å². The summed E-state index contributed by atoms with van der Waals surface area (Å²) in [6, 6.07) is 0. The largest absolute Gasteiger partial charge is 0.175 e. The number of rotatable bonds is 7. The standard InChI is InChI=1S/C14H29B/c1-8-11(4)14(7)15(12(5)9-2)13(6)10-3/h11-13H,7-10H2,1-6H3. The Kier molecular flexibility index (Phi) is 7.05. The molecule has 3 unspecified atom stereocenters. The van der Waals surface area contributed by atoms with Gasteiger partial charge in [-0.25, -0.2) is 0 Å². The summed E-state index contributed by atoms with van der Waals surface area (Å²) in [5.74, 6) is 2.24. The van der Waals surface area contributed by atoms with Crippen LogP contribution in [0.25, 0.3) is 0 Å². The van der Waals surface area contributed by atoms with Gasteiger partial charge in [-0.15, -0.1) is 12.1 Å². The third-order valence-corrected chi connectivity index (χ3v) is 4.19. The van der Waals surface area contributed by atoms with E-state index >= 15 is 0 Å². The highest BCUT2D eigenvalue weighted by Gasteiger charge is 2.30. The Morgan fingerprint density at radius 1 is 0.933 bits per heavy atom. The van der Waals surface area contributed by atoms with Gasteiger partial charge in [-0.05, 0) is 5.92 Å². The Bertz CT molecular complexity index is 176. The molecule has 0 aromatic rings. The lowest BCUT2D eigenvalue weighted by Gasteiger charge is -2.30. The molecule has 0 aliphatic carbocycles. The zero-order valence-corrected chi connectivity index (χ0v) is 11.6. The van der Waals surface area contributed by atoms with Crippen molar-refractivity contribution in [3.05, 3.63) is 12.1 Å². The molecule has 0 rings (SSSR count). The van der Waals surface area contributed by atoms with Crippen molar-refractivity contribution in [2.45, 2.75) is 72.4 Å². The molecule has 3 atom stereocenters. The Balaban J connectivity index is 4.69. The molecule has 0 heterocycles. The van der Waals surface area contributed by atoms with Gasteiger partial charge in [-0.1, -0.05) is 72.4 Å². The molecule has 0 aromatic carbocycles.